The number of likely N-dealkylation sites (tertiary alicyclic amines) is 1. The van der Waals surface area contributed by atoms with Crippen LogP contribution in [-0.2, 0) is 11.3 Å². The van der Waals surface area contributed by atoms with Gasteiger partial charge >= 0.3 is 0 Å². The molecule has 6 heteroatoms. The maximum atomic E-state index is 12.8. The number of nitrogens with one attached hydrogen (secondary N) is 3. The zero-order valence-corrected chi connectivity index (χ0v) is 17.9. The molecule has 2 unspecified atom stereocenters. The average molecular weight is 409 g/mol. The molecule has 4 rings (SSSR count). The number of carbonyl (C=O) groups is 1. The smallest absolute Gasteiger partial charge is 0.242 e. The number of hydrogen-bond acceptors (Lipinski definition) is 5. The number of hydrogen-bond donors (Lipinski definition) is 3. The maximum absolute atomic E-state index is 12.8. The second kappa shape index (κ2) is 9.60. The number of anilines is 1. The number of hydrazine groups is 1. The van der Waals surface area contributed by atoms with Crippen molar-refractivity contribution >= 4 is 11.6 Å². The lowest BCUT2D eigenvalue weighted by molar-refractivity contribution is -0.117. The number of rotatable bonds is 6. The molecule has 0 radical (unpaired) electrons. The highest BCUT2D eigenvalue weighted by atomic mass is 16.5. The SMILES string of the molecule is COc1ccc(C2CC(C(=O)Nc3cccc(CN4CCC(C)CC4)c3)NN2)cc1. The molecule has 0 bridgehead atoms. The Labute approximate surface area is 179 Å². The fourth-order valence-electron chi connectivity index (χ4n) is 4.24. The van der Waals surface area contributed by atoms with E-state index in [2.05, 4.69) is 40.1 Å². The molecule has 30 heavy (non-hydrogen) atoms. The van der Waals surface area contributed by atoms with E-state index in [0.29, 0.717) is 6.42 Å². The lowest BCUT2D eigenvalue weighted by Crippen LogP contribution is -2.39. The first-order valence-corrected chi connectivity index (χ1v) is 10.9. The average Bonchev–Trinajstić information content (AvgIpc) is 3.26. The summed E-state index contributed by atoms with van der Waals surface area (Å²) < 4.78 is 5.22. The first kappa shape index (κ1) is 20.8. The summed E-state index contributed by atoms with van der Waals surface area (Å²) in [6.45, 7) is 5.59. The Morgan fingerprint density at radius 3 is 2.63 bits per heavy atom. The van der Waals surface area contributed by atoms with Crippen LogP contribution in [0, 0.1) is 5.92 Å². The molecule has 2 heterocycles. The van der Waals surface area contributed by atoms with Gasteiger partial charge in [0.25, 0.3) is 0 Å². The van der Waals surface area contributed by atoms with E-state index in [1.807, 2.05) is 36.4 Å². The van der Waals surface area contributed by atoms with Gasteiger partial charge in [0.15, 0.2) is 0 Å². The summed E-state index contributed by atoms with van der Waals surface area (Å²) in [5.41, 5.74) is 9.62. The Bertz CT molecular complexity index is 847. The van der Waals surface area contributed by atoms with Crippen LogP contribution in [0.4, 0.5) is 5.69 Å². The molecule has 160 valence electrons. The van der Waals surface area contributed by atoms with Crippen LogP contribution in [0.2, 0.25) is 0 Å². The van der Waals surface area contributed by atoms with Crippen molar-refractivity contribution in [2.24, 2.45) is 5.92 Å². The summed E-state index contributed by atoms with van der Waals surface area (Å²) in [5.74, 6) is 1.65. The van der Waals surface area contributed by atoms with Gasteiger partial charge in [-0.3, -0.25) is 9.69 Å². The van der Waals surface area contributed by atoms with Crippen LogP contribution in [0.5, 0.6) is 5.75 Å². The second-order valence-corrected chi connectivity index (χ2v) is 8.55. The van der Waals surface area contributed by atoms with E-state index in [0.717, 1.165) is 42.6 Å². The first-order valence-electron chi connectivity index (χ1n) is 10.9. The minimum Gasteiger partial charge on any atom is -0.497 e. The summed E-state index contributed by atoms with van der Waals surface area (Å²) in [7, 11) is 1.66. The molecule has 2 aliphatic heterocycles. The van der Waals surface area contributed by atoms with Crippen molar-refractivity contribution in [3.05, 3.63) is 59.7 Å². The Kier molecular flexibility index (Phi) is 6.67. The van der Waals surface area contributed by atoms with Gasteiger partial charge in [-0.25, -0.2) is 10.9 Å². The van der Waals surface area contributed by atoms with Gasteiger partial charge in [0.2, 0.25) is 5.91 Å². The molecular formula is C24H32N4O2. The fourth-order valence-corrected chi connectivity index (χ4v) is 4.24. The van der Waals surface area contributed by atoms with Crippen LogP contribution in [-0.4, -0.2) is 37.0 Å². The summed E-state index contributed by atoms with van der Waals surface area (Å²) in [4.78, 5) is 15.3. The van der Waals surface area contributed by atoms with Gasteiger partial charge in [-0.1, -0.05) is 31.2 Å². The highest BCUT2D eigenvalue weighted by Crippen LogP contribution is 2.25. The molecule has 1 amide bonds. The molecule has 2 saturated heterocycles. The van der Waals surface area contributed by atoms with Gasteiger partial charge < -0.3 is 10.1 Å². The Balaban J connectivity index is 1.31. The third-order valence-corrected chi connectivity index (χ3v) is 6.21. The summed E-state index contributed by atoms with van der Waals surface area (Å²) in [6.07, 6.45) is 3.24. The molecule has 3 N–H and O–H groups in total. The van der Waals surface area contributed by atoms with E-state index in [1.165, 1.54) is 18.4 Å². The molecule has 0 aromatic heterocycles. The molecular weight excluding hydrogens is 376 g/mol. The van der Waals surface area contributed by atoms with Crippen LogP contribution in [0.3, 0.4) is 0 Å². The number of piperidine rings is 1. The number of ether oxygens (including phenoxy) is 1. The van der Waals surface area contributed by atoms with Crippen molar-refractivity contribution < 1.29 is 9.53 Å². The highest BCUT2D eigenvalue weighted by Gasteiger charge is 2.30. The maximum Gasteiger partial charge on any atom is 0.242 e. The number of benzene rings is 2. The lowest BCUT2D eigenvalue weighted by Gasteiger charge is -2.30. The van der Waals surface area contributed by atoms with E-state index in [1.54, 1.807) is 7.11 Å². The van der Waals surface area contributed by atoms with E-state index in [9.17, 15) is 4.79 Å². The van der Waals surface area contributed by atoms with Gasteiger partial charge in [-0.2, -0.15) is 0 Å². The Hall–Kier alpha value is -2.41. The molecule has 0 saturated carbocycles. The predicted octanol–water partition coefficient (Wildman–Crippen LogP) is 3.47. The van der Waals surface area contributed by atoms with Gasteiger partial charge in [0.1, 0.15) is 11.8 Å². The van der Waals surface area contributed by atoms with Gasteiger partial charge in [0.05, 0.1) is 7.11 Å². The monoisotopic (exact) mass is 408 g/mol. The van der Waals surface area contributed by atoms with E-state index in [4.69, 9.17) is 4.74 Å². The lowest BCUT2D eigenvalue weighted by atomic mass is 9.99. The standard InChI is InChI=1S/C24H32N4O2/c1-17-10-12-28(13-11-17)16-18-4-3-5-20(14-18)25-24(29)23-15-22(26-27-23)19-6-8-21(30-2)9-7-19/h3-9,14,17,22-23,26-27H,10-13,15-16H2,1-2H3,(H,25,29). The van der Waals surface area contributed by atoms with Crippen LogP contribution in [0.25, 0.3) is 0 Å². The van der Waals surface area contributed by atoms with Crippen LogP contribution in [0.1, 0.15) is 43.4 Å². The third-order valence-electron chi connectivity index (χ3n) is 6.21. The zero-order chi connectivity index (χ0) is 20.9. The van der Waals surface area contributed by atoms with Crippen LogP contribution < -0.4 is 20.9 Å². The topological polar surface area (TPSA) is 65.6 Å². The number of nitrogens with zero attached hydrogens (tertiary/aromatic N) is 1. The minimum absolute atomic E-state index is 0.0116. The fraction of sp³-hybridized carbons (Fsp3) is 0.458. The van der Waals surface area contributed by atoms with E-state index in [-0.39, 0.29) is 18.0 Å². The summed E-state index contributed by atoms with van der Waals surface area (Å²) in [5, 5.41) is 3.08. The number of carbonyl (C=O) groups excluding carboxylic acids is 1. The third kappa shape index (κ3) is 5.19. The molecule has 2 aliphatic rings. The van der Waals surface area contributed by atoms with Crippen molar-refractivity contribution in [1.29, 1.82) is 0 Å². The molecule has 0 spiro atoms. The van der Waals surface area contributed by atoms with Gasteiger partial charge in [0, 0.05) is 18.3 Å². The van der Waals surface area contributed by atoms with Gasteiger partial charge in [-0.05, 0) is 73.7 Å². The molecule has 2 fully saturated rings. The second-order valence-electron chi connectivity index (χ2n) is 8.55. The zero-order valence-electron chi connectivity index (χ0n) is 17.9. The Morgan fingerprint density at radius 1 is 1.13 bits per heavy atom. The van der Waals surface area contributed by atoms with Crippen LogP contribution in [0.15, 0.2) is 48.5 Å². The molecule has 0 aliphatic carbocycles. The van der Waals surface area contributed by atoms with Gasteiger partial charge in [-0.15, -0.1) is 0 Å². The first-order chi connectivity index (χ1) is 14.6. The van der Waals surface area contributed by atoms with E-state index < -0.39 is 0 Å². The predicted molar refractivity (Wildman–Crippen MR) is 119 cm³/mol. The van der Waals surface area contributed by atoms with Crippen molar-refractivity contribution in [3.63, 3.8) is 0 Å². The van der Waals surface area contributed by atoms with Crippen molar-refractivity contribution in [2.75, 3.05) is 25.5 Å². The molecule has 6 nitrogen and oxygen atoms in total. The summed E-state index contributed by atoms with van der Waals surface area (Å²) >= 11 is 0. The number of amides is 1. The Morgan fingerprint density at radius 2 is 1.90 bits per heavy atom. The largest absolute Gasteiger partial charge is 0.497 e. The quantitative estimate of drug-likeness (QED) is 0.683. The molecule has 2 aromatic rings. The molecule has 2 atom stereocenters. The normalized spacial score (nSPS) is 22.7. The van der Waals surface area contributed by atoms with Crippen molar-refractivity contribution in [3.8, 4) is 5.75 Å². The van der Waals surface area contributed by atoms with Crippen molar-refractivity contribution in [2.45, 2.75) is 44.8 Å². The van der Waals surface area contributed by atoms with Crippen LogP contribution >= 0.6 is 0 Å². The molecule has 2 aromatic carbocycles. The summed E-state index contributed by atoms with van der Waals surface area (Å²) in [6, 6.07) is 16.0. The van der Waals surface area contributed by atoms with Crippen molar-refractivity contribution in [1.82, 2.24) is 15.8 Å². The number of methoxy groups -OCH3 is 1. The highest BCUT2D eigenvalue weighted by molar-refractivity contribution is 5.95. The van der Waals surface area contributed by atoms with E-state index >= 15 is 0 Å². The minimum atomic E-state index is -0.274.